The molecule has 66 valence electrons. The van der Waals surface area contributed by atoms with Gasteiger partial charge in [-0.15, -0.1) is 0 Å². The molecular weight excluding hydrogens is 157 g/mol. The summed E-state index contributed by atoms with van der Waals surface area (Å²) >= 11 is 0. The van der Waals surface area contributed by atoms with E-state index in [2.05, 4.69) is 6.92 Å². The van der Waals surface area contributed by atoms with Crippen LogP contribution in [-0.2, 0) is 6.42 Å². The minimum absolute atomic E-state index is 0.735. The molecule has 0 amide bonds. The molecule has 0 fully saturated rings. The molecule has 0 aliphatic carbocycles. The molecule has 0 heterocycles. The zero-order chi connectivity index (χ0) is 9.68. The van der Waals surface area contributed by atoms with Crippen molar-refractivity contribution in [2.24, 2.45) is 0 Å². The molecule has 13 heavy (non-hydrogen) atoms. The zero-order valence-electron chi connectivity index (χ0n) is 8.01. The lowest BCUT2D eigenvalue weighted by Gasteiger charge is -2.03. The lowest BCUT2D eigenvalue weighted by atomic mass is 9.93. The van der Waals surface area contributed by atoms with Crippen molar-refractivity contribution in [1.82, 2.24) is 0 Å². The van der Waals surface area contributed by atoms with Crippen LogP contribution in [0, 0.1) is 5.41 Å². The quantitative estimate of drug-likeness (QED) is 0.528. The van der Waals surface area contributed by atoms with Gasteiger partial charge in [0.1, 0.15) is 7.85 Å². The summed E-state index contributed by atoms with van der Waals surface area (Å²) in [5.41, 5.74) is 2.70. The van der Waals surface area contributed by atoms with E-state index in [0.29, 0.717) is 0 Å². The van der Waals surface area contributed by atoms with Crippen LogP contribution in [-0.4, -0.2) is 13.6 Å². The van der Waals surface area contributed by atoms with Crippen molar-refractivity contribution in [3.63, 3.8) is 0 Å². The van der Waals surface area contributed by atoms with Crippen molar-refractivity contribution in [2.75, 3.05) is 0 Å². The minimum atomic E-state index is 0.735. The molecule has 0 aliphatic heterocycles. The van der Waals surface area contributed by atoms with Gasteiger partial charge in [0.2, 0.25) is 0 Å². The maximum absolute atomic E-state index is 7.66. The van der Waals surface area contributed by atoms with Gasteiger partial charge in [-0.1, -0.05) is 43.1 Å². The third-order valence-electron chi connectivity index (χ3n) is 1.92. The highest BCUT2D eigenvalue weighted by Gasteiger charge is 1.97. The number of nitrogens with one attached hydrogen (secondary N) is 1. The van der Waals surface area contributed by atoms with Crippen molar-refractivity contribution in [3.05, 3.63) is 29.8 Å². The Morgan fingerprint density at radius 3 is 2.85 bits per heavy atom. The highest BCUT2D eigenvalue weighted by molar-refractivity contribution is 6.32. The normalized spacial score (nSPS) is 9.92. The molecule has 0 bridgehead atoms. The van der Waals surface area contributed by atoms with Gasteiger partial charge in [0.25, 0.3) is 0 Å². The molecule has 1 nitrogen and oxygen atoms in total. The number of hydrogen-bond acceptors (Lipinski definition) is 1. The molecule has 1 N–H and O–H groups in total. The molecular formula is C11H14BN. The summed E-state index contributed by atoms with van der Waals surface area (Å²) in [5.74, 6) is 0. The van der Waals surface area contributed by atoms with Gasteiger partial charge in [-0.05, 0) is 12.0 Å². The molecule has 1 aromatic rings. The van der Waals surface area contributed by atoms with Crippen LogP contribution in [0.2, 0.25) is 0 Å². The second-order valence-corrected chi connectivity index (χ2v) is 3.28. The van der Waals surface area contributed by atoms with E-state index < -0.39 is 0 Å². The molecule has 0 saturated carbocycles. The first-order valence-corrected chi connectivity index (χ1v) is 4.63. The third-order valence-corrected chi connectivity index (χ3v) is 1.92. The fourth-order valence-electron chi connectivity index (χ4n) is 1.34. The Morgan fingerprint density at radius 1 is 1.46 bits per heavy atom. The van der Waals surface area contributed by atoms with Gasteiger partial charge in [0, 0.05) is 12.1 Å². The van der Waals surface area contributed by atoms with Crippen molar-refractivity contribution < 1.29 is 0 Å². The predicted molar refractivity (Wildman–Crippen MR) is 58.2 cm³/mol. The maximum atomic E-state index is 7.66. The monoisotopic (exact) mass is 171 g/mol. The Labute approximate surface area is 81.1 Å². The Kier molecular flexibility index (Phi) is 3.75. The Morgan fingerprint density at radius 2 is 2.23 bits per heavy atom. The number of hydrogen-bond donors (Lipinski definition) is 1. The van der Waals surface area contributed by atoms with E-state index in [4.69, 9.17) is 13.3 Å². The summed E-state index contributed by atoms with van der Waals surface area (Å²) in [6, 6.07) is 7.75. The SMILES string of the molecule is [B]c1cccc(CC(=N)CCC)c1. The summed E-state index contributed by atoms with van der Waals surface area (Å²) in [6.07, 6.45) is 2.66. The highest BCUT2D eigenvalue weighted by atomic mass is 14.4. The summed E-state index contributed by atoms with van der Waals surface area (Å²) in [6.45, 7) is 2.09. The van der Waals surface area contributed by atoms with Crippen LogP contribution in [0.1, 0.15) is 25.3 Å². The largest absolute Gasteiger partial charge is 0.309 e. The maximum Gasteiger partial charge on any atom is 0.113 e. The summed E-state index contributed by atoms with van der Waals surface area (Å²) in [5, 5.41) is 7.66. The van der Waals surface area contributed by atoms with Crippen LogP contribution in [0.3, 0.4) is 0 Å². The first kappa shape index (κ1) is 10.0. The fraction of sp³-hybridized carbons (Fsp3) is 0.364. The zero-order valence-corrected chi connectivity index (χ0v) is 8.01. The first-order chi connectivity index (χ1) is 6.22. The Bertz CT molecular complexity index is 294. The van der Waals surface area contributed by atoms with Crippen molar-refractivity contribution in [2.45, 2.75) is 26.2 Å². The van der Waals surface area contributed by atoms with Gasteiger partial charge >= 0.3 is 0 Å². The van der Waals surface area contributed by atoms with E-state index in [1.54, 1.807) is 0 Å². The second kappa shape index (κ2) is 4.85. The Hall–Kier alpha value is -1.05. The van der Waals surface area contributed by atoms with Gasteiger partial charge in [0.05, 0.1) is 0 Å². The van der Waals surface area contributed by atoms with E-state index in [1.807, 2.05) is 24.3 Å². The molecule has 1 aromatic carbocycles. The molecule has 0 saturated heterocycles. The average Bonchev–Trinajstić information content (AvgIpc) is 2.04. The van der Waals surface area contributed by atoms with E-state index in [1.165, 1.54) is 0 Å². The third kappa shape index (κ3) is 3.45. The molecule has 2 heteroatoms. The van der Waals surface area contributed by atoms with Crippen LogP contribution < -0.4 is 5.46 Å². The molecule has 2 radical (unpaired) electrons. The molecule has 0 aromatic heterocycles. The summed E-state index contributed by atoms with van der Waals surface area (Å²) < 4.78 is 0. The van der Waals surface area contributed by atoms with Gasteiger partial charge in [-0.25, -0.2) is 0 Å². The summed E-state index contributed by atoms with van der Waals surface area (Å²) in [7, 11) is 5.64. The Balaban J connectivity index is 2.58. The number of rotatable bonds is 4. The van der Waals surface area contributed by atoms with E-state index >= 15 is 0 Å². The van der Waals surface area contributed by atoms with Crippen LogP contribution in [0.25, 0.3) is 0 Å². The van der Waals surface area contributed by atoms with Crippen LogP contribution in [0.15, 0.2) is 24.3 Å². The topological polar surface area (TPSA) is 23.9 Å². The summed E-state index contributed by atoms with van der Waals surface area (Å²) in [4.78, 5) is 0. The first-order valence-electron chi connectivity index (χ1n) is 4.63. The lowest BCUT2D eigenvalue weighted by molar-refractivity contribution is 0.965. The average molecular weight is 171 g/mol. The van der Waals surface area contributed by atoms with E-state index in [9.17, 15) is 0 Å². The molecule has 0 unspecified atom stereocenters. The number of benzene rings is 1. The highest BCUT2D eigenvalue weighted by Crippen LogP contribution is 2.01. The minimum Gasteiger partial charge on any atom is -0.309 e. The second-order valence-electron chi connectivity index (χ2n) is 3.28. The van der Waals surface area contributed by atoms with Gasteiger partial charge in [-0.2, -0.15) is 0 Å². The van der Waals surface area contributed by atoms with Crippen LogP contribution in [0.4, 0.5) is 0 Å². The van der Waals surface area contributed by atoms with Crippen molar-refractivity contribution in [1.29, 1.82) is 5.41 Å². The van der Waals surface area contributed by atoms with E-state index in [0.717, 1.165) is 36.0 Å². The van der Waals surface area contributed by atoms with E-state index in [-0.39, 0.29) is 0 Å². The van der Waals surface area contributed by atoms with Gasteiger partial charge < -0.3 is 5.41 Å². The smallest absolute Gasteiger partial charge is 0.113 e. The van der Waals surface area contributed by atoms with Gasteiger partial charge in [-0.3, -0.25) is 0 Å². The standard InChI is InChI=1S/C11H14BN/c1-2-4-11(13)8-9-5-3-6-10(12)7-9/h3,5-7,13H,2,4,8H2,1H3. The van der Waals surface area contributed by atoms with Crippen molar-refractivity contribution >= 4 is 19.0 Å². The molecule has 1 rings (SSSR count). The van der Waals surface area contributed by atoms with Crippen LogP contribution >= 0.6 is 0 Å². The molecule has 0 aliphatic rings. The van der Waals surface area contributed by atoms with Crippen molar-refractivity contribution in [3.8, 4) is 0 Å². The van der Waals surface area contributed by atoms with Crippen LogP contribution in [0.5, 0.6) is 0 Å². The van der Waals surface area contributed by atoms with Gasteiger partial charge in [0.15, 0.2) is 0 Å². The fourth-order valence-corrected chi connectivity index (χ4v) is 1.34. The lowest BCUT2D eigenvalue weighted by Crippen LogP contribution is -2.06. The molecule has 0 atom stereocenters. The molecule has 0 spiro atoms. The predicted octanol–water partition coefficient (Wildman–Crippen LogP) is 1.84.